The van der Waals surface area contributed by atoms with Crippen LogP contribution in [0, 0.1) is 17.2 Å². The molecule has 1 aliphatic rings. The van der Waals surface area contributed by atoms with Crippen LogP contribution in [0.15, 0.2) is 18.2 Å². The Labute approximate surface area is 138 Å². The topological polar surface area (TPSA) is 0 Å². The predicted molar refractivity (Wildman–Crippen MR) is 89.8 cm³/mol. The summed E-state index contributed by atoms with van der Waals surface area (Å²) in [6.07, 6.45) is 9.71. The van der Waals surface area contributed by atoms with E-state index in [1.165, 1.54) is 57.1 Å². The molecule has 1 aromatic carbocycles. The minimum atomic E-state index is -0.271. The quantitative estimate of drug-likeness (QED) is 0.513. The van der Waals surface area contributed by atoms with Crippen LogP contribution in [0.2, 0.25) is 5.02 Å². The van der Waals surface area contributed by atoms with Gasteiger partial charge in [0.25, 0.3) is 0 Å². The third kappa shape index (κ3) is 4.60. The molecule has 0 spiro atoms. The van der Waals surface area contributed by atoms with Crippen molar-refractivity contribution in [1.29, 1.82) is 0 Å². The standard InChI is InChI=1S/C18H25Cl2F/c1-2-3-4-14-7-9-18(13-19,10-8-14)12-15-5-6-16(21)11-17(15)20/h5-6,11,14H,2-4,7-10,12-13H2,1H3. The molecule has 2 rings (SSSR count). The lowest BCUT2D eigenvalue weighted by Gasteiger charge is -2.39. The molecule has 0 heterocycles. The Kier molecular flexibility index (Phi) is 6.37. The van der Waals surface area contributed by atoms with Gasteiger partial charge in [0, 0.05) is 10.9 Å². The SMILES string of the molecule is CCCCC1CCC(CCl)(Cc2ccc(F)cc2Cl)CC1. The Morgan fingerprint density at radius 3 is 2.57 bits per heavy atom. The molecule has 0 aromatic heterocycles. The third-order valence-corrected chi connectivity index (χ3v) is 5.91. The summed E-state index contributed by atoms with van der Waals surface area (Å²) < 4.78 is 13.2. The molecule has 1 aromatic rings. The van der Waals surface area contributed by atoms with Gasteiger partial charge in [0.05, 0.1) is 0 Å². The lowest BCUT2D eigenvalue weighted by molar-refractivity contribution is 0.166. The highest BCUT2D eigenvalue weighted by Crippen LogP contribution is 2.44. The van der Waals surface area contributed by atoms with Crippen molar-refractivity contribution in [3.05, 3.63) is 34.6 Å². The fourth-order valence-electron chi connectivity index (χ4n) is 3.50. The molecule has 3 heteroatoms. The molecule has 0 bridgehead atoms. The van der Waals surface area contributed by atoms with Crippen molar-refractivity contribution < 1.29 is 4.39 Å². The highest BCUT2D eigenvalue weighted by Gasteiger charge is 2.35. The van der Waals surface area contributed by atoms with Crippen molar-refractivity contribution in [1.82, 2.24) is 0 Å². The number of rotatable bonds is 6. The molecule has 0 saturated heterocycles. The van der Waals surface area contributed by atoms with E-state index in [0.29, 0.717) is 10.9 Å². The second kappa shape index (κ2) is 7.83. The Balaban J connectivity index is 1.99. The average Bonchev–Trinajstić information content (AvgIpc) is 2.49. The first-order chi connectivity index (χ1) is 10.1. The molecule has 0 aliphatic heterocycles. The maximum absolute atomic E-state index is 13.2. The summed E-state index contributed by atoms with van der Waals surface area (Å²) in [4.78, 5) is 0. The van der Waals surface area contributed by atoms with E-state index in [-0.39, 0.29) is 11.2 Å². The van der Waals surface area contributed by atoms with Crippen LogP contribution in [0.3, 0.4) is 0 Å². The summed E-state index contributed by atoms with van der Waals surface area (Å²) in [6, 6.07) is 4.72. The fraction of sp³-hybridized carbons (Fsp3) is 0.667. The van der Waals surface area contributed by atoms with E-state index in [9.17, 15) is 4.39 Å². The van der Waals surface area contributed by atoms with Crippen molar-refractivity contribution in [3.8, 4) is 0 Å². The molecule has 1 aliphatic carbocycles. The van der Waals surface area contributed by atoms with Crippen LogP contribution in [0.4, 0.5) is 4.39 Å². The van der Waals surface area contributed by atoms with Crippen LogP contribution in [-0.4, -0.2) is 5.88 Å². The molecule has 0 amide bonds. The number of hydrogen-bond donors (Lipinski definition) is 0. The number of alkyl halides is 1. The van der Waals surface area contributed by atoms with Gasteiger partial charge in [0.1, 0.15) is 5.82 Å². The third-order valence-electron chi connectivity index (χ3n) is 5.00. The molecule has 118 valence electrons. The van der Waals surface area contributed by atoms with Crippen LogP contribution in [0.1, 0.15) is 57.4 Å². The minimum Gasteiger partial charge on any atom is -0.207 e. The summed E-state index contributed by atoms with van der Waals surface area (Å²) >= 11 is 12.5. The van der Waals surface area contributed by atoms with Crippen molar-refractivity contribution in [2.24, 2.45) is 11.3 Å². The molecule has 0 radical (unpaired) electrons. The van der Waals surface area contributed by atoms with E-state index < -0.39 is 0 Å². The van der Waals surface area contributed by atoms with Gasteiger partial charge < -0.3 is 0 Å². The zero-order valence-corrected chi connectivity index (χ0v) is 14.3. The van der Waals surface area contributed by atoms with Crippen molar-refractivity contribution in [3.63, 3.8) is 0 Å². The second-order valence-electron chi connectivity index (χ2n) is 6.63. The summed E-state index contributed by atoms with van der Waals surface area (Å²) in [6.45, 7) is 2.25. The summed E-state index contributed by atoms with van der Waals surface area (Å²) in [5.41, 5.74) is 1.18. The summed E-state index contributed by atoms with van der Waals surface area (Å²) in [5.74, 6) is 1.26. The van der Waals surface area contributed by atoms with Gasteiger partial charge >= 0.3 is 0 Å². The molecule has 0 unspecified atom stereocenters. The molecule has 21 heavy (non-hydrogen) atoms. The smallest absolute Gasteiger partial charge is 0.124 e. The summed E-state index contributed by atoms with van der Waals surface area (Å²) in [7, 11) is 0. The van der Waals surface area contributed by atoms with Gasteiger partial charge in [-0.25, -0.2) is 4.39 Å². The Hall–Kier alpha value is -0.270. The van der Waals surface area contributed by atoms with Gasteiger partial charge in [0.15, 0.2) is 0 Å². The van der Waals surface area contributed by atoms with Gasteiger partial charge in [0.2, 0.25) is 0 Å². The first-order valence-corrected chi connectivity index (χ1v) is 9.00. The maximum atomic E-state index is 13.2. The molecule has 0 atom stereocenters. The molecule has 1 fully saturated rings. The molecule has 1 saturated carbocycles. The fourth-order valence-corrected chi connectivity index (χ4v) is 4.09. The Bertz CT molecular complexity index is 451. The molecule has 0 nitrogen and oxygen atoms in total. The summed E-state index contributed by atoms with van der Waals surface area (Å²) in [5, 5.41) is 0.535. The van der Waals surface area contributed by atoms with Gasteiger partial charge in [-0.05, 0) is 61.1 Å². The van der Waals surface area contributed by atoms with E-state index in [1.807, 2.05) is 6.07 Å². The van der Waals surface area contributed by atoms with Gasteiger partial charge in [-0.15, -0.1) is 11.6 Å². The predicted octanol–water partition coefficient (Wildman–Crippen LogP) is 6.63. The molecular weight excluding hydrogens is 306 g/mol. The van der Waals surface area contributed by atoms with E-state index in [0.717, 1.165) is 17.9 Å². The van der Waals surface area contributed by atoms with Gasteiger partial charge in [-0.2, -0.15) is 0 Å². The lowest BCUT2D eigenvalue weighted by Crippen LogP contribution is -2.31. The zero-order chi connectivity index (χ0) is 15.3. The van der Waals surface area contributed by atoms with E-state index in [4.69, 9.17) is 23.2 Å². The lowest BCUT2D eigenvalue weighted by atomic mass is 9.68. The van der Waals surface area contributed by atoms with Crippen LogP contribution in [-0.2, 0) is 6.42 Å². The zero-order valence-electron chi connectivity index (χ0n) is 12.8. The van der Waals surface area contributed by atoms with E-state index in [1.54, 1.807) is 0 Å². The first-order valence-electron chi connectivity index (χ1n) is 8.08. The van der Waals surface area contributed by atoms with E-state index in [2.05, 4.69) is 6.92 Å². The van der Waals surface area contributed by atoms with Crippen LogP contribution >= 0.6 is 23.2 Å². The van der Waals surface area contributed by atoms with Crippen LogP contribution < -0.4 is 0 Å². The largest absolute Gasteiger partial charge is 0.207 e. The maximum Gasteiger partial charge on any atom is 0.124 e. The molecular formula is C18H25Cl2F. The number of unbranched alkanes of at least 4 members (excludes halogenated alkanes) is 1. The number of hydrogen-bond acceptors (Lipinski definition) is 0. The highest BCUT2D eigenvalue weighted by molar-refractivity contribution is 6.31. The minimum absolute atomic E-state index is 0.145. The number of benzene rings is 1. The van der Waals surface area contributed by atoms with Crippen molar-refractivity contribution in [2.75, 3.05) is 5.88 Å². The first kappa shape index (κ1) is 17.1. The van der Waals surface area contributed by atoms with Crippen molar-refractivity contribution in [2.45, 2.75) is 58.3 Å². The van der Waals surface area contributed by atoms with Gasteiger partial charge in [-0.1, -0.05) is 43.9 Å². The normalized spacial score (nSPS) is 26.0. The molecule has 0 N–H and O–H groups in total. The van der Waals surface area contributed by atoms with Crippen LogP contribution in [0.5, 0.6) is 0 Å². The monoisotopic (exact) mass is 330 g/mol. The van der Waals surface area contributed by atoms with Gasteiger partial charge in [-0.3, -0.25) is 0 Å². The van der Waals surface area contributed by atoms with E-state index >= 15 is 0 Å². The highest BCUT2D eigenvalue weighted by atomic mass is 35.5. The van der Waals surface area contributed by atoms with Crippen molar-refractivity contribution >= 4 is 23.2 Å². The Morgan fingerprint density at radius 2 is 2.00 bits per heavy atom. The van der Waals surface area contributed by atoms with Crippen LogP contribution in [0.25, 0.3) is 0 Å². The average molecular weight is 331 g/mol. The Morgan fingerprint density at radius 1 is 1.29 bits per heavy atom. The number of halogens is 3. The second-order valence-corrected chi connectivity index (χ2v) is 7.31.